The summed E-state index contributed by atoms with van der Waals surface area (Å²) in [6.07, 6.45) is 0. The quantitative estimate of drug-likeness (QED) is 0.270. The van der Waals surface area contributed by atoms with E-state index in [1.54, 1.807) is 0 Å². The summed E-state index contributed by atoms with van der Waals surface area (Å²) in [5.74, 6) is 0.910. The largest absolute Gasteiger partial charge is 0.337 e. The second-order valence-corrected chi connectivity index (χ2v) is 8.31. The minimum absolute atomic E-state index is 0.730. The summed E-state index contributed by atoms with van der Waals surface area (Å²) in [6, 6.07) is 18.7. The summed E-state index contributed by atoms with van der Waals surface area (Å²) in [6.45, 7) is 4.26. The van der Waals surface area contributed by atoms with E-state index in [9.17, 15) is 0 Å². The van der Waals surface area contributed by atoms with Crippen LogP contribution in [0.2, 0.25) is 5.02 Å². The maximum atomic E-state index is 6.31. The predicted molar refractivity (Wildman–Crippen MR) is 119 cm³/mol. The molecule has 0 spiro atoms. The SMILES string of the molecule is Cc1cccc(C)c1-c1nc2c3ccc(Cl)cc3c3cc(Br)ccc3c2[nH]1. The summed E-state index contributed by atoms with van der Waals surface area (Å²) in [5.41, 5.74) is 5.64. The first kappa shape index (κ1) is 16.8. The highest BCUT2D eigenvalue weighted by molar-refractivity contribution is 9.10. The molecule has 4 heteroatoms. The van der Waals surface area contributed by atoms with Crippen molar-refractivity contribution in [2.75, 3.05) is 0 Å². The number of hydrogen-bond donors (Lipinski definition) is 1. The van der Waals surface area contributed by atoms with Crippen molar-refractivity contribution < 1.29 is 0 Å². The third-order valence-electron chi connectivity index (χ3n) is 5.20. The molecule has 0 atom stereocenters. The molecule has 1 N–H and O–H groups in total. The van der Waals surface area contributed by atoms with Crippen molar-refractivity contribution in [3.8, 4) is 11.4 Å². The molecular weight excluding hydrogens is 420 g/mol. The van der Waals surface area contributed by atoms with Gasteiger partial charge in [0.05, 0.1) is 11.0 Å². The van der Waals surface area contributed by atoms with Crippen LogP contribution in [0.5, 0.6) is 0 Å². The van der Waals surface area contributed by atoms with E-state index < -0.39 is 0 Å². The Morgan fingerprint density at radius 2 is 1.56 bits per heavy atom. The van der Waals surface area contributed by atoms with Gasteiger partial charge in [-0.15, -0.1) is 0 Å². The molecule has 0 bridgehead atoms. The second kappa shape index (κ2) is 6.08. The fraction of sp³-hybridized carbons (Fsp3) is 0.0870. The fourth-order valence-corrected chi connectivity index (χ4v) is 4.51. The number of hydrogen-bond acceptors (Lipinski definition) is 1. The zero-order valence-corrected chi connectivity index (χ0v) is 17.2. The molecule has 0 unspecified atom stereocenters. The van der Waals surface area contributed by atoms with E-state index >= 15 is 0 Å². The van der Waals surface area contributed by atoms with E-state index in [1.165, 1.54) is 16.7 Å². The van der Waals surface area contributed by atoms with Crippen molar-refractivity contribution in [3.63, 3.8) is 0 Å². The van der Waals surface area contributed by atoms with Crippen LogP contribution in [0.15, 0.2) is 59.1 Å². The van der Waals surface area contributed by atoms with E-state index in [0.717, 1.165) is 47.9 Å². The van der Waals surface area contributed by atoms with Crippen molar-refractivity contribution in [2.24, 2.45) is 0 Å². The van der Waals surface area contributed by atoms with Crippen LogP contribution in [0, 0.1) is 13.8 Å². The zero-order chi connectivity index (χ0) is 18.7. The fourth-order valence-electron chi connectivity index (χ4n) is 3.97. The van der Waals surface area contributed by atoms with Crippen LogP contribution in [0.1, 0.15) is 11.1 Å². The number of halogens is 2. The maximum Gasteiger partial charge on any atom is 0.139 e. The van der Waals surface area contributed by atoms with Gasteiger partial charge in [-0.2, -0.15) is 0 Å². The molecule has 0 radical (unpaired) electrons. The van der Waals surface area contributed by atoms with Crippen LogP contribution in [-0.2, 0) is 0 Å². The number of nitrogens with one attached hydrogen (secondary N) is 1. The van der Waals surface area contributed by atoms with Crippen molar-refractivity contribution >= 4 is 60.1 Å². The highest BCUT2D eigenvalue weighted by Gasteiger charge is 2.16. The molecule has 0 saturated heterocycles. The highest BCUT2D eigenvalue weighted by atomic mass is 79.9. The molecule has 1 heterocycles. The van der Waals surface area contributed by atoms with Crippen LogP contribution in [0.3, 0.4) is 0 Å². The highest BCUT2D eigenvalue weighted by Crippen LogP contribution is 2.38. The van der Waals surface area contributed by atoms with Crippen LogP contribution in [-0.4, -0.2) is 9.97 Å². The Morgan fingerprint density at radius 1 is 0.852 bits per heavy atom. The third kappa shape index (κ3) is 2.57. The van der Waals surface area contributed by atoms with E-state index in [1.807, 2.05) is 12.1 Å². The Bertz CT molecular complexity index is 1270. The minimum Gasteiger partial charge on any atom is -0.337 e. The normalized spacial score (nSPS) is 11.7. The molecule has 1 aromatic heterocycles. The van der Waals surface area contributed by atoms with Gasteiger partial charge in [0, 0.05) is 25.8 Å². The lowest BCUT2D eigenvalue weighted by molar-refractivity contribution is 1.28. The van der Waals surface area contributed by atoms with Gasteiger partial charge in [0.25, 0.3) is 0 Å². The first-order valence-corrected chi connectivity index (χ1v) is 9.97. The third-order valence-corrected chi connectivity index (χ3v) is 5.93. The Kier molecular flexibility index (Phi) is 3.78. The first-order chi connectivity index (χ1) is 13.0. The number of aryl methyl sites for hydroxylation is 2. The Balaban J connectivity index is 1.98. The van der Waals surface area contributed by atoms with E-state index in [4.69, 9.17) is 16.6 Å². The number of H-pyrrole nitrogens is 1. The van der Waals surface area contributed by atoms with Crippen molar-refractivity contribution in [1.82, 2.24) is 9.97 Å². The topological polar surface area (TPSA) is 28.7 Å². The van der Waals surface area contributed by atoms with Crippen molar-refractivity contribution in [3.05, 3.63) is 75.2 Å². The van der Waals surface area contributed by atoms with Gasteiger partial charge in [0.2, 0.25) is 0 Å². The number of fused-ring (bicyclic) bond motifs is 6. The first-order valence-electron chi connectivity index (χ1n) is 8.80. The number of rotatable bonds is 1. The Hall–Kier alpha value is -2.36. The lowest BCUT2D eigenvalue weighted by atomic mass is 10.00. The van der Waals surface area contributed by atoms with E-state index in [0.29, 0.717) is 0 Å². The number of nitrogens with zero attached hydrogens (tertiary/aromatic N) is 1. The molecule has 5 rings (SSSR count). The van der Waals surface area contributed by atoms with Gasteiger partial charge in [-0.1, -0.05) is 57.9 Å². The Morgan fingerprint density at radius 3 is 2.33 bits per heavy atom. The molecule has 0 aliphatic rings. The van der Waals surface area contributed by atoms with Crippen LogP contribution >= 0.6 is 27.5 Å². The van der Waals surface area contributed by atoms with Crippen LogP contribution in [0.4, 0.5) is 0 Å². The van der Waals surface area contributed by atoms with Crippen LogP contribution in [0.25, 0.3) is 44.0 Å². The zero-order valence-electron chi connectivity index (χ0n) is 14.9. The summed E-state index contributed by atoms with van der Waals surface area (Å²) < 4.78 is 1.05. The lowest BCUT2D eigenvalue weighted by Crippen LogP contribution is -1.89. The number of imidazole rings is 1. The van der Waals surface area contributed by atoms with Gasteiger partial charge < -0.3 is 4.98 Å². The average molecular weight is 436 g/mol. The molecule has 5 aromatic rings. The van der Waals surface area contributed by atoms with Gasteiger partial charge in [0.1, 0.15) is 5.82 Å². The summed E-state index contributed by atoms with van der Waals surface area (Å²) in [7, 11) is 0. The second-order valence-electron chi connectivity index (χ2n) is 6.96. The number of aromatic nitrogens is 2. The molecule has 0 aliphatic heterocycles. The van der Waals surface area contributed by atoms with Gasteiger partial charge in [-0.25, -0.2) is 4.98 Å². The molecule has 132 valence electrons. The van der Waals surface area contributed by atoms with Gasteiger partial charge in [0.15, 0.2) is 0 Å². The van der Waals surface area contributed by atoms with Gasteiger partial charge in [-0.05, 0) is 60.0 Å². The van der Waals surface area contributed by atoms with E-state index in [2.05, 4.69) is 77.2 Å². The molecule has 4 aromatic carbocycles. The molecule has 0 amide bonds. The average Bonchev–Trinajstić information content (AvgIpc) is 3.06. The summed E-state index contributed by atoms with van der Waals surface area (Å²) in [4.78, 5) is 8.63. The number of aromatic amines is 1. The molecule has 27 heavy (non-hydrogen) atoms. The maximum absolute atomic E-state index is 6.31. The molecule has 0 saturated carbocycles. The number of benzene rings is 4. The molecule has 0 aliphatic carbocycles. The molecule has 2 nitrogen and oxygen atoms in total. The van der Waals surface area contributed by atoms with Crippen LogP contribution < -0.4 is 0 Å². The molecular formula is C23H16BrClN2. The predicted octanol–water partition coefficient (Wildman–Crippen LogP) is 7.57. The van der Waals surface area contributed by atoms with Gasteiger partial charge >= 0.3 is 0 Å². The van der Waals surface area contributed by atoms with E-state index in [-0.39, 0.29) is 0 Å². The summed E-state index contributed by atoms with van der Waals surface area (Å²) >= 11 is 9.92. The minimum atomic E-state index is 0.730. The summed E-state index contributed by atoms with van der Waals surface area (Å²) in [5, 5.41) is 5.26. The van der Waals surface area contributed by atoms with Crippen molar-refractivity contribution in [2.45, 2.75) is 13.8 Å². The van der Waals surface area contributed by atoms with Crippen molar-refractivity contribution in [1.29, 1.82) is 0 Å². The lowest BCUT2D eigenvalue weighted by Gasteiger charge is -2.07. The standard InChI is InChI=1S/C23H16BrClN2/c1-12-4-3-5-13(2)20(12)23-26-21-16-8-6-14(24)10-18(16)19-11-15(25)7-9-17(19)22(21)27-23/h3-11H,1-2H3,(H,26,27). The monoisotopic (exact) mass is 434 g/mol. The molecule has 0 fully saturated rings. The van der Waals surface area contributed by atoms with Gasteiger partial charge in [-0.3, -0.25) is 0 Å². The Labute approximate surface area is 170 Å². The smallest absolute Gasteiger partial charge is 0.139 e.